The van der Waals surface area contributed by atoms with E-state index in [1.165, 1.54) is 19.3 Å². The summed E-state index contributed by atoms with van der Waals surface area (Å²) < 4.78 is 6.63. The molecule has 4 heterocycles. The van der Waals surface area contributed by atoms with E-state index in [1.807, 2.05) is 36.8 Å². The molecule has 0 unspecified atom stereocenters. The van der Waals surface area contributed by atoms with Crippen molar-refractivity contribution < 1.29 is 4.74 Å². The predicted octanol–water partition coefficient (Wildman–Crippen LogP) is 6.89. The van der Waals surface area contributed by atoms with Crippen molar-refractivity contribution in [2.75, 3.05) is 13.2 Å². The van der Waals surface area contributed by atoms with Gasteiger partial charge in [-0.15, -0.1) is 0 Å². The minimum absolute atomic E-state index is 0.495. The lowest BCUT2D eigenvalue weighted by Gasteiger charge is -2.24. The Morgan fingerprint density at radius 2 is 1.58 bits per heavy atom. The van der Waals surface area contributed by atoms with Crippen LogP contribution in [0.25, 0.3) is 55.0 Å². The number of fused-ring (bicyclic) bond motifs is 3. The van der Waals surface area contributed by atoms with Gasteiger partial charge in [-0.05, 0) is 73.3 Å². The van der Waals surface area contributed by atoms with E-state index in [9.17, 15) is 0 Å². The molecule has 0 spiro atoms. The molecule has 3 aromatic heterocycles. The lowest BCUT2D eigenvalue weighted by atomic mass is 9.98. The van der Waals surface area contributed by atoms with E-state index >= 15 is 0 Å². The highest BCUT2D eigenvalue weighted by Crippen LogP contribution is 2.41. The molecule has 0 radical (unpaired) electrons. The number of nitrogens with zero attached hydrogens (tertiary/aromatic N) is 3. The smallest absolute Gasteiger partial charge is 0.138 e. The third kappa shape index (κ3) is 4.27. The highest BCUT2D eigenvalue weighted by atomic mass is 35.5. The number of nitrogens with one attached hydrogen (secondary N) is 3. The van der Waals surface area contributed by atoms with Crippen LogP contribution in [-0.4, -0.2) is 44.6 Å². The largest absolute Gasteiger partial charge is 0.492 e. The van der Waals surface area contributed by atoms with E-state index < -0.39 is 0 Å². The second-order valence-corrected chi connectivity index (χ2v) is 10.4. The third-order valence-electron chi connectivity index (χ3n) is 7.53. The van der Waals surface area contributed by atoms with Crippen LogP contribution in [0.4, 0.5) is 0 Å². The highest BCUT2D eigenvalue weighted by molar-refractivity contribution is 6.34. The van der Waals surface area contributed by atoms with Gasteiger partial charge in [0.2, 0.25) is 0 Å². The minimum Gasteiger partial charge on any atom is -0.492 e. The van der Waals surface area contributed by atoms with Crippen LogP contribution in [0.3, 0.4) is 0 Å². The first kappa shape index (κ1) is 23.2. The summed E-state index contributed by atoms with van der Waals surface area (Å²) in [5.74, 6) is 0.830. The summed E-state index contributed by atoms with van der Waals surface area (Å²) in [5, 5.41) is 21.7. The molecule has 7 nitrogen and oxygen atoms in total. The molecule has 1 saturated heterocycles. The summed E-state index contributed by atoms with van der Waals surface area (Å²) in [7, 11) is 0. The van der Waals surface area contributed by atoms with Gasteiger partial charge in [0, 0.05) is 39.5 Å². The number of ether oxygens (including phenoxy) is 1. The summed E-state index contributed by atoms with van der Waals surface area (Å²) in [5.41, 5.74) is 6.74. The molecule has 1 fully saturated rings. The zero-order chi connectivity index (χ0) is 25.5. The van der Waals surface area contributed by atoms with E-state index in [0.717, 1.165) is 73.7 Å². The summed E-state index contributed by atoms with van der Waals surface area (Å²) in [6.07, 6.45) is 10.2. The Kier molecular flexibility index (Phi) is 5.95. The van der Waals surface area contributed by atoms with Gasteiger partial charge < -0.3 is 10.1 Å². The standard InChI is InChI=1S/C30H27ClN6O/c31-26-14-29-24(13-23(26)18-4-6-27-20(11-18)15-34-36-27)30(38-10-8-22-3-1-2-9-32-22)25(17-33-29)19-5-7-28-21(12-19)16-35-37-28/h4-7,11-17,22,32H,1-3,8-10H2,(H,34,36)(H,35,37)/t22-/m1/s1. The quantitative estimate of drug-likeness (QED) is 0.221. The van der Waals surface area contributed by atoms with Gasteiger partial charge in [-0.25, -0.2) is 0 Å². The molecule has 7 rings (SSSR count). The monoisotopic (exact) mass is 522 g/mol. The number of aromatic nitrogens is 5. The van der Waals surface area contributed by atoms with Crippen molar-refractivity contribution >= 4 is 44.3 Å². The average Bonchev–Trinajstić information content (AvgIpc) is 3.62. The van der Waals surface area contributed by atoms with Crippen LogP contribution in [0.1, 0.15) is 25.7 Å². The van der Waals surface area contributed by atoms with E-state index in [4.69, 9.17) is 21.3 Å². The van der Waals surface area contributed by atoms with Gasteiger partial charge in [-0.3, -0.25) is 15.2 Å². The highest BCUT2D eigenvalue weighted by Gasteiger charge is 2.18. The number of aromatic amines is 2. The fourth-order valence-electron chi connectivity index (χ4n) is 5.47. The molecule has 8 heteroatoms. The third-order valence-corrected chi connectivity index (χ3v) is 7.85. The second-order valence-electron chi connectivity index (χ2n) is 9.98. The Bertz CT molecular complexity index is 1770. The van der Waals surface area contributed by atoms with Crippen molar-refractivity contribution in [1.29, 1.82) is 0 Å². The molecule has 0 aliphatic carbocycles. The van der Waals surface area contributed by atoms with E-state index in [1.54, 1.807) is 0 Å². The molecule has 6 aromatic rings. The van der Waals surface area contributed by atoms with Gasteiger partial charge in [0.1, 0.15) is 5.75 Å². The van der Waals surface area contributed by atoms with Gasteiger partial charge in [0.05, 0.1) is 40.6 Å². The molecule has 0 amide bonds. The lowest BCUT2D eigenvalue weighted by molar-refractivity contribution is 0.271. The van der Waals surface area contributed by atoms with Crippen molar-refractivity contribution in [3.8, 4) is 28.0 Å². The van der Waals surface area contributed by atoms with Gasteiger partial charge in [0.15, 0.2) is 0 Å². The molecule has 3 aromatic carbocycles. The van der Waals surface area contributed by atoms with Crippen LogP contribution in [0.2, 0.25) is 5.02 Å². The summed E-state index contributed by atoms with van der Waals surface area (Å²) in [6.45, 7) is 1.71. The van der Waals surface area contributed by atoms with Crippen molar-refractivity contribution in [3.05, 3.63) is 72.1 Å². The normalized spacial score (nSPS) is 16.0. The number of pyridine rings is 1. The maximum Gasteiger partial charge on any atom is 0.138 e. The lowest BCUT2D eigenvalue weighted by Crippen LogP contribution is -2.35. The fourth-order valence-corrected chi connectivity index (χ4v) is 5.73. The molecule has 0 bridgehead atoms. The van der Waals surface area contributed by atoms with Crippen LogP contribution >= 0.6 is 11.6 Å². The fraction of sp³-hybridized carbons (Fsp3) is 0.233. The molecule has 1 aliphatic heterocycles. The van der Waals surface area contributed by atoms with Crippen LogP contribution < -0.4 is 10.1 Å². The van der Waals surface area contributed by atoms with Crippen molar-refractivity contribution in [2.24, 2.45) is 0 Å². The van der Waals surface area contributed by atoms with Crippen LogP contribution in [0.15, 0.2) is 67.1 Å². The maximum absolute atomic E-state index is 6.81. The molecule has 38 heavy (non-hydrogen) atoms. The number of rotatable bonds is 6. The summed E-state index contributed by atoms with van der Waals surface area (Å²) in [6, 6.07) is 17.0. The Morgan fingerprint density at radius 1 is 0.842 bits per heavy atom. The first-order valence-electron chi connectivity index (χ1n) is 13.1. The van der Waals surface area contributed by atoms with Gasteiger partial charge in [-0.1, -0.05) is 30.2 Å². The zero-order valence-corrected chi connectivity index (χ0v) is 21.6. The number of H-pyrrole nitrogens is 2. The number of halogens is 1. The second kappa shape index (κ2) is 9.74. The number of hydrogen-bond acceptors (Lipinski definition) is 5. The molecule has 1 aliphatic rings. The molecule has 190 valence electrons. The molecular formula is C30H27ClN6O. The van der Waals surface area contributed by atoms with E-state index in [2.05, 4.69) is 56.0 Å². The molecular weight excluding hydrogens is 496 g/mol. The van der Waals surface area contributed by atoms with Gasteiger partial charge in [-0.2, -0.15) is 10.2 Å². The molecule has 0 saturated carbocycles. The van der Waals surface area contributed by atoms with Gasteiger partial charge >= 0.3 is 0 Å². The van der Waals surface area contributed by atoms with Gasteiger partial charge in [0.25, 0.3) is 0 Å². The first-order valence-corrected chi connectivity index (χ1v) is 13.5. The maximum atomic E-state index is 6.81. The van der Waals surface area contributed by atoms with E-state index in [-0.39, 0.29) is 0 Å². The topological polar surface area (TPSA) is 91.5 Å². The zero-order valence-electron chi connectivity index (χ0n) is 20.8. The Balaban J connectivity index is 1.35. The number of piperidine rings is 1. The average molecular weight is 523 g/mol. The minimum atomic E-state index is 0.495. The van der Waals surface area contributed by atoms with Crippen molar-refractivity contribution in [1.82, 2.24) is 30.7 Å². The van der Waals surface area contributed by atoms with Crippen molar-refractivity contribution in [3.63, 3.8) is 0 Å². The van der Waals surface area contributed by atoms with Crippen LogP contribution in [0, 0.1) is 0 Å². The van der Waals surface area contributed by atoms with E-state index in [0.29, 0.717) is 17.7 Å². The Hall–Kier alpha value is -3.94. The van der Waals surface area contributed by atoms with Crippen LogP contribution in [-0.2, 0) is 0 Å². The number of hydrogen-bond donors (Lipinski definition) is 3. The number of benzene rings is 3. The van der Waals surface area contributed by atoms with Crippen molar-refractivity contribution in [2.45, 2.75) is 31.7 Å². The van der Waals surface area contributed by atoms with Crippen LogP contribution in [0.5, 0.6) is 5.75 Å². The molecule has 1 atom stereocenters. The molecule has 3 N–H and O–H groups in total. The summed E-state index contributed by atoms with van der Waals surface area (Å²) in [4.78, 5) is 4.81. The first-order chi connectivity index (χ1) is 18.7. The Morgan fingerprint density at radius 3 is 2.29 bits per heavy atom. The Labute approximate surface area is 224 Å². The predicted molar refractivity (Wildman–Crippen MR) is 153 cm³/mol. The summed E-state index contributed by atoms with van der Waals surface area (Å²) >= 11 is 6.81. The SMILES string of the molecule is Clc1cc2ncc(-c3ccc4[nH]ncc4c3)c(OCC[C@H]3CCCCN3)c2cc1-c1ccc2[nH]ncc2c1.